The van der Waals surface area contributed by atoms with Crippen LogP contribution in [-0.4, -0.2) is 12.7 Å². The first kappa shape index (κ1) is 15.4. The lowest BCUT2D eigenvalue weighted by molar-refractivity contribution is 0.109. The topological polar surface area (TPSA) is 9.23 Å². The molecule has 0 aliphatic heterocycles. The number of allylic oxidation sites excluding steroid dienone is 2. The SMILES string of the molecule is COC1(C)C(c2ccccc2)=C2CCCCC2=C1c1ccccc1. The Morgan fingerprint density at radius 1 is 0.708 bits per heavy atom. The van der Waals surface area contributed by atoms with Crippen molar-refractivity contribution in [2.24, 2.45) is 0 Å². The molecule has 1 heteroatoms. The van der Waals surface area contributed by atoms with Gasteiger partial charge in [-0.3, -0.25) is 0 Å². The van der Waals surface area contributed by atoms with Crippen molar-refractivity contribution in [3.63, 3.8) is 0 Å². The van der Waals surface area contributed by atoms with E-state index in [0.29, 0.717) is 0 Å². The number of hydrogen-bond donors (Lipinski definition) is 0. The molecular weight excluding hydrogens is 292 g/mol. The summed E-state index contributed by atoms with van der Waals surface area (Å²) in [7, 11) is 1.85. The van der Waals surface area contributed by atoms with Crippen LogP contribution in [0.15, 0.2) is 71.8 Å². The van der Waals surface area contributed by atoms with Gasteiger partial charge in [-0.05, 0) is 66.0 Å². The van der Waals surface area contributed by atoms with E-state index in [4.69, 9.17) is 4.74 Å². The van der Waals surface area contributed by atoms with Crippen LogP contribution in [0.25, 0.3) is 11.1 Å². The minimum Gasteiger partial charge on any atom is -0.369 e. The lowest BCUT2D eigenvalue weighted by Crippen LogP contribution is -2.29. The molecule has 0 radical (unpaired) electrons. The lowest BCUT2D eigenvalue weighted by Gasteiger charge is -2.31. The average Bonchev–Trinajstić information content (AvgIpc) is 2.92. The lowest BCUT2D eigenvalue weighted by atomic mass is 9.83. The van der Waals surface area contributed by atoms with Crippen LogP contribution < -0.4 is 0 Å². The summed E-state index contributed by atoms with van der Waals surface area (Å²) in [5, 5.41) is 0. The van der Waals surface area contributed by atoms with Crippen LogP contribution >= 0.6 is 0 Å². The molecule has 2 aromatic carbocycles. The van der Waals surface area contributed by atoms with Crippen molar-refractivity contribution >= 4 is 11.1 Å². The summed E-state index contributed by atoms with van der Waals surface area (Å²) in [4.78, 5) is 0. The molecule has 2 aliphatic carbocycles. The Kier molecular flexibility index (Phi) is 3.90. The molecule has 1 fully saturated rings. The maximum Gasteiger partial charge on any atom is 0.117 e. The van der Waals surface area contributed by atoms with Crippen LogP contribution in [0.1, 0.15) is 43.7 Å². The summed E-state index contributed by atoms with van der Waals surface area (Å²) < 4.78 is 6.21. The third kappa shape index (κ3) is 2.27. The normalized spacial score (nSPS) is 19.6. The van der Waals surface area contributed by atoms with E-state index in [2.05, 4.69) is 67.6 Å². The first-order valence-corrected chi connectivity index (χ1v) is 8.89. The minimum absolute atomic E-state index is 0.377. The maximum absolute atomic E-state index is 6.21. The van der Waals surface area contributed by atoms with Gasteiger partial charge in [0.1, 0.15) is 5.60 Å². The van der Waals surface area contributed by atoms with Gasteiger partial charge in [-0.15, -0.1) is 0 Å². The molecule has 1 saturated carbocycles. The predicted octanol–water partition coefficient (Wildman–Crippen LogP) is 5.89. The van der Waals surface area contributed by atoms with Crippen LogP contribution in [0.5, 0.6) is 0 Å². The van der Waals surface area contributed by atoms with Gasteiger partial charge in [0, 0.05) is 7.11 Å². The highest BCUT2D eigenvalue weighted by molar-refractivity contribution is 6.00. The monoisotopic (exact) mass is 316 g/mol. The fourth-order valence-corrected chi connectivity index (χ4v) is 4.47. The Balaban J connectivity index is 1.96. The molecule has 0 saturated heterocycles. The van der Waals surface area contributed by atoms with Gasteiger partial charge >= 0.3 is 0 Å². The Hall–Kier alpha value is -2.12. The van der Waals surface area contributed by atoms with Crippen molar-refractivity contribution in [1.82, 2.24) is 0 Å². The molecule has 0 aromatic heterocycles. The number of rotatable bonds is 3. The van der Waals surface area contributed by atoms with Gasteiger partial charge in [0.15, 0.2) is 0 Å². The molecule has 2 aromatic rings. The first-order valence-electron chi connectivity index (χ1n) is 8.89. The average molecular weight is 316 g/mol. The summed E-state index contributed by atoms with van der Waals surface area (Å²) in [6, 6.07) is 21.6. The third-order valence-electron chi connectivity index (χ3n) is 5.56. The smallest absolute Gasteiger partial charge is 0.117 e. The molecule has 2 aliphatic rings. The summed E-state index contributed by atoms with van der Waals surface area (Å²) >= 11 is 0. The number of fused-ring (bicyclic) bond motifs is 1. The summed E-state index contributed by atoms with van der Waals surface area (Å²) in [5.41, 5.74) is 8.01. The number of benzene rings is 2. The van der Waals surface area contributed by atoms with E-state index < -0.39 is 0 Å². The van der Waals surface area contributed by atoms with Gasteiger partial charge in [0.05, 0.1) is 0 Å². The molecule has 0 spiro atoms. The second-order valence-corrected chi connectivity index (χ2v) is 6.88. The molecule has 0 amide bonds. The minimum atomic E-state index is -0.377. The van der Waals surface area contributed by atoms with Gasteiger partial charge in [-0.25, -0.2) is 0 Å². The maximum atomic E-state index is 6.21. The van der Waals surface area contributed by atoms with Crippen molar-refractivity contribution in [3.05, 3.63) is 82.9 Å². The molecule has 0 N–H and O–H groups in total. The molecule has 0 unspecified atom stereocenters. The highest BCUT2D eigenvalue weighted by Gasteiger charge is 2.44. The van der Waals surface area contributed by atoms with E-state index in [0.717, 1.165) is 12.8 Å². The fourth-order valence-electron chi connectivity index (χ4n) is 4.47. The molecular formula is C23H24O. The van der Waals surface area contributed by atoms with Crippen molar-refractivity contribution in [2.45, 2.75) is 38.2 Å². The number of methoxy groups -OCH3 is 1. The zero-order valence-electron chi connectivity index (χ0n) is 14.5. The largest absolute Gasteiger partial charge is 0.369 e. The van der Waals surface area contributed by atoms with E-state index in [1.54, 1.807) is 0 Å². The number of ether oxygens (including phenoxy) is 1. The Morgan fingerprint density at radius 2 is 1.12 bits per heavy atom. The van der Waals surface area contributed by atoms with Crippen LogP contribution in [0.2, 0.25) is 0 Å². The third-order valence-corrected chi connectivity index (χ3v) is 5.56. The second kappa shape index (κ2) is 6.07. The molecule has 24 heavy (non-hydrogen) atoms. The van der Waals surface area contributed by atoms with Crippen molar-refractivity contribution in [2.75, 3.05) is 7.11 Å². The van der Waals surface area contributed by atoms with Crippen LogP contribution in [0, 0.1) is 0 Å². The van der Waals surface area contributed by atoms with E-state index in [-0.39, 0.29) is 5.60 Å². The van der Waals surface area contributed by atoms with Gasteiger partial charge < -0.3 is 4.74 Å². The molecule has 0 atom stereocenters. The highest BCUT2D eigenvalue weighted by atomic mass is 16.5. The van der Waals surface area contributed by atoms with E-state index in [1.165, 1.54) is 46.3 Å². The van der Waals surface area contributed by atoms with Gasteiger partial charge in [-0.1, -0.05) is 60.7 Å². The van der Waals surface area contributed by atoms with E-state index in [9.17, 15) is 0 Å². The van der Waals surface area contributed by atoms with Crippen LogP contribution in [-0.2, 0) is 4.74 Å². The zero-order chi connectivity index (χ0) is 16.6. The van der Waals surface area contributed by atoms with Crippen molar-refractivity contribution in [3.8, 4) is 0 Å². The summed E-state index contributed by atoms with van der Waals surface area (Å²) in [6.45, 7) is 2.25. The predicted molar refractivity (Wildman–Crippen MR) is 101 cm³/mol. The Bertz CT molecular complexity index is 731. The molecule has 0 bridgehead atoms. The standard InChI is InChI=1S/C23H24O/c1-23(24-2)21(17-11-5-3-6-12-17)19-15-9-10-16-20(19)22(23)18-13-7-4-8-14-18/h3-8,11-14H,9-10,15-16H2,1-2H3. The van der Waals surface area contributed by atoms with Crippen LogP contribution in [0.4, 0.5) is 0 Å². The van der Waals surface area contributed by atoms with Crippen molar-refractivity contribution in [1.29, 1.82) is 0 Å². The molecule has 1 nitrogen and oxygen atoms in total. The van der Waals surface area contributed by atoms with Gasteiger partial charge in [0.25, 0.3) is 0 Å². The number of hydrogen-bond acceptors (Lipinski definition) is 1. The van der Waals surface area contributed by atoms with Gasteiger partial charge in [-0.2, -0.15) is 0 Å². The second-order valence-electron chi connectivity index (χ2n) is 6.88. The fraction of sp³-hybridized carbons (Fsp3) is 0.304. The van der Waals surface area contributed by atoms with Crippen molar-refractivity contribution < 1.29 is 4.74 Å². The van der Waals surface area contributed by atoms with E-state index in [1.807, 2.05) is 7.11 Å². The molecule has 4 rings (SSSR count). The molecule has 0 heterocycles. The first-order chi connectivity index (χ1) is 11.8. The summed E-state index contributed by atoms with van der Waals surface area (Å²) in [5.74, 6) is 0. The molecule has 122 valence electrons. The zero-order valence-corrected chi connectivity index (χ0v) is 14.5. The Morgan fingerprint density at radius 3 is 1.50 bits per heavy atom. The highest BCUT2D eigenvalue weighted by Crippen LogP contribution is 2.55. The Labute approximate surface area is 144 Å². The van der Waals surface area contributed by atoms with E-state index >= 15 is 0 Å². The van der Waals surface area contributed by atoms with Crippen LogP contribution in [0.3, 0.4) is 0 Å². The van der Waals surface area contributed by atoms with Gasteiger partial charge in [0.2, 0.25) is 0 Å². The quantitative estimate of drug-likeness (QED) is 0.686. The summed E-state index contributed by atoms with van der Waals surface area (Å²) in [6.07, 6.45) is 4.87.